The maximum atomic E-state index is 13.3. The van der Waals surface area contributed by atoms with Crippen molar-refractivity contribution in [1.29, 1.82) is 0 Å². The molecule has 0 spiro atoms. The highest BCUT2D eigenvalue weighted by molar-refractivity contribution is 5.64. The van der Waals surface area contributed by atoms with Crippen molar-refractivity contribution in [2.24, 2.45) is 0 Å². The summed E-state index contributed by atoms with van der Waals surface area (Å²) in [6, 6.07) is 9.39. The largest absolute Gasteiger partial charge is 0.381 e. The van der Waals surface area contributed by atoms with Crippen molar-refractivity contribution in [2.45, 2.75) is 13.3 Å². The van der Waals surface area contributed by atoms with Crippen LogP contribution in [0.4, 0.5) is 10.2 Å². The molecule has 0 saturated carbocycles. The second-order valence-corrected chi connectivity index (χ2v) is 3.64. The number of rotatable bonds is 2. The predicted molar refractivity (Wildman–Crippen MR) is 63.4 cm³/mol. The summed E-state index contributed by atoms with van der Waals surface area (Å²) in [5, 5.41) is 0. The van der Waals surface area contributed by atoms with Gasteiger partial charge in [0.1, 0.15) is 0 Å². The van der Waals surface area contributed by atoms with Crippen LogP contribution in [0.1, 0.15) is 12.5 Å². The Labute approximate surface area is 93.9 Å². The van der Waals surface area contributed by atoms with Crippen LogP contribution in [0, 0.1) is 5.82 Å². The van der Waals surface area contributed by atoms with Crippen molar-refractivity contribution >= 4 is 5.82 Å². The second-order valence-electron chi connectivity index (χ2n) is 3.64. The molecule has 2 nitrogen and oxygen atoms in total. The fourth-order valence-corrected chi connectivity index (χ4v) is 1.58. The zero-order chi connectivity index (χ0) is 11.5. The zero-order valence-electron chi connectivity index (χ0n) is 9.07. The fraction of sp³-hybridized carbons (Fsp3) is 0.154. The molecule has 1 aromatic carbocycles. The molecule has 0 aliphatic heterocycles. The lowest BCUT2D eigenvalue weighted by atomic mass is 10.0. The molecule has 1 aromatic heterocycles. The molecule has 16 heavy (non-hydrogen) atoms. The van der Waals surface area contributed by atoms with E-state index in [9.17, 15) is 4.39 Å². The van der Waals surface area contributed by atoms with Crippen LogP contribution < -0.4 is 5.73 Å². The van der Waals surface area contributed by atoms with Gasteiger partial charge in [0.15, 0.2) is 11.6 Å². The lowest BCUT2D eigenvalue weighted by Gasteiger charge is -2.04. The summed E-state index contributed by atoms with van der Waals surface area (Å²) in [5.74, 6) is -0.533. The smallest absolute Gasteiger partial charge is 0.165 e. The lowest BCUT2D eigenvalue weighted by Crippen LogP contribution is -1.95. The van der Waals surface area contributed by atoms with Gasteiger partial charge in [-0.2, -0.15) is 0 Å². The summed E-state index contributed by atoms with van der Waals surface area (Å²) in [4.78, 5) is 3.81. The van der Waals surface area contributed by atoms with E-state index in [1.165, 1.54) is 11.6 Å². The van der Waals surface area contributed by atoms with Crippen molar-refractivity contribution in [3.05, 3.63) is 47.9 Å². The lowest BCUT2D eigenvalue weighted by molar-refractivity contribution is 0.628. The average molecular weight is 216 g/mol. The Morgan fingerprint density at radius 1 is 1.25 bits per heavy atom. The molecule has 1 heterocycles. The highest BCUT2D eigenvalue weighted by atomic mass is 19.1. The Kier molecular flexibility index (Phi) is 2.86. The Balaban J connectivity index is 2.46. The number of aryl methyl sites for hydroxylation is 1. The van der Waals surface area contributed by atoms with Crippen LogP contribution in [-0.4, -0.2) is 4.98 Å². The molecule has 0 amide bonds. The third-order valence-corrected chi connectivity index (χ3v) is 2.54. The maximum Gasteiger partial charge on any atom is 0.165 e. The van der Waals surface area contributed by atoms with Crippen molar-refractivity contribution < 1.29 is 4.39 Å². The molecule has 0 aliphatic carbocycles. The molecule has 0 aliphatic rings. The summed E-state index contributed by atoms with van der Waals surface area (Å²) in [6.45, 7) is 2.08. The van der Waals surface area contributed by atoms with Crippen LogP contribution in [0.2, 0.25) is 0 Å². The number of aromatic nitrogens is 1. The third-order valence-electron chi connectivity index (χ3n) is 2.54. The van der Waals surface area contributed by atoms with Crippen molar-refractivity contribution in [1.82, 2.24) is 4.98 Å². The van der Waals surface area contributed by atoms with Crippen LogP contribution in [0.5, 0.6) is 0 Å². The van der Waals surface area contributed by atoms with Gasteiger partial charge in [-0.3, -0.25) is 0 Å². The number of nitrogens with zero attached hydrogens (tertiary/aromatic N) is 1. The molecule has 0 saturated heterocycles. The molecular formula is C13H13FN2. The molecule has 2 N–H and O–H groups in total. The first-order chi connectivity index (χ1) is 7.70. The first kappa shape index (κ1) is 10.6. The summed E-state index contributed by atoms with van der Waals surface area (Å²) in [6.07, 6.45) is 2.55. The molecule has 2 rings (SSSR count). The molecule has 0 radical (unpaired) electrons. The highest BCUT2D eigenvalue weighted by Crippen LogP contribution is 2.22. The van der Waals surface area contributed by atoms with Gasteiger partial charge in [-0.25, -0.2) is 9.37 Å². The summed E-state index contributed by atoms with van der Waals surface area (Å²) in [7, 11) is 0. The van der Waals surface area contributed by atoms with Gasteiger partial charge < -0.3 is 5.73 Å². The van der Waals surface area contributed by atoms with E-state index in [1.807, 2.05) is 24.3 Å². The van der Waals surface area contributed by atoms with Crippen LogP contribution in [0.25, 0.3) is 11.1 Å². The van der Waals surface area contributed by atoms with Gasteiger partial charge in [0, 0.05) is 11.8 Å². The van der Waals surface area contributed by atoms with Crippen molar-refractivity contribution in [3.63, 3.8) is 0 Å². The van der Waals surface area contributed by atoms with E-state index in [0.717, 1.165) is 17.5 Å². The van der Waals surface area contributed by atoms with Gasteiger partial charge in [-0.1, -0.05) is 31.2 Å². The molecule has 3 heteroatoms. The van der Waals surface area contributed by atoms with Gasteiger partial charge in [-0.15, -0.1) is 0 Å². The van der Waals surface area contributed by atoms with Gasteiger partial charge in [0.05, 0.1) is 0 Å². The fourth-order valence-electron chi connectivity index (χ4n) is 1.58. The van der Waals surface area contributed by atoms with E-state index >= 15 is 0 Å². The van der Waals surface area contributed by atoms with E-state index in [2.05, 4.69) is 11.9 Å². The Hall–Kier alpha value is -1.90. The number of hydrogen-bond donors (Lipinski definition) is 1. The number of anilines is 1. The van der Waals surface area contributed by atoms with Gasteiger partial charge in [0.25, 0.3) is 0 Å². The van der Waals surface area contributed by atoms with E-state index in [0.29, 0.717) is 0 Å². The number of pyridine rings is 1. The standard InChI is InChI=1S/C13H13FN2/c1-2-9-4-3-5-10(6-9)11-7-12(14)13(15)16-8-11/h3-8H,2H2,1H3,(H2,15,16). The van der Waals surface area contributed by atoms with Gasteiger partial charge >= 0.3 is 0 Å². The Morgan fingerprint density at radius 3 is 2.75 bits per heavy atom. The number of nitrogen functional groups attached to an aromatic ring is 1. The first-order valence-electron chi connectivity index (χ1n) is 5.21. The minimum Gasteiger partial charge on any atom is -0.381 e. The van der Waals surface area contributed by atoms with Gasteiger partial charge in [0.2, 0.25) is 0 Å². The van der Waals surface area contributed by atoms with Crippen molar-refractivity contribution in [3.8, 4) is 11.1 Å². The maximum absolute atomic E-state index is 13.3. The highest BCUT2D eigenvalue weighted by Gasteiger charge is 2.04. The molecule has 2 aromatic rings. The predicted octanol–water partition coefficient (Wildman–Crippen LogP) is 3.03. The minimum atomic E-state index is -0.473. The van der Waals surface area contributed by atoms with E-state index in [4.69, 9.17) is 5.73 Å². The van der Waals surface area contributed by atoms with Crippen molar-refractivity contribution in [2.75, 3.05) is 5.73 Å². The summed E-state index contributed by atoms with van der Waals surface area (Å²) < 4.78 is 13.3. The summed E-state index contributed by atoms with van der Waals surface area (Å²) >= 11 is 0. The monoisotopic (exact) mass is 216 g/mol. The molecule has 0 fully saturated rings. The molecule has 0 bridgehead atoms. The van der Waals surface area contributed by atoms with E-state index in [1.54, 1.807) is 6.20 Å². The Morgan fingerprint density at radius 2 is 2.06 bits per heavy atom. The SMILES string of the molecule is CCc1cccc(-c2cnc(N)c(F)c2)c1. The molecule has 0 unspecified atom stereocenters. The number of hydrogen-bond acceptors (Lipinski definition) is 2. The van der Waals surface area contributed by atoms with Crippen LogP contribution in [0.15, 0.2) is 36.5 Å². The van der Waals surface area contributed by atoms with Crippen LogP contribution in [0.3, 0.4) is 0 Å². The first-order valence-corrected chi connectivity index (χ1v) is 5.21. The minimum absolute atomic E-state index is 0.0598. The number of nitrogens with two attached hydrogens (primary N) is 1. The zero-order valence-corrected chi connectivity index (χ0v) is 9.07. The number of halogens is 1. The number of benzene rings is 1. The molecule has 82 valence electrons. The topological polar surface area (TPSA) is 38.9 Å². The van der Waals surface area contributed by atoms with Crippen LogP contribution >= 0.6 is 0 Å². The normalized spacial score (nSPS) is 10.4. The van der Waals surface area contributed by atoms with E-state index < -0.39 is 5.82 Å². The molecule has 0 atom stereocenters. The third kappa shape index (κ3) is 2.03. The molecular weight excluding hydrogens is 203 g/mol. The average Bonchev–Trinajstić information content (AvgIpc) is 2.33. The van der Waals surface area contributed by atoms with Gasteiger partial charge in [-0.05, 0) is 23.6 Å². The Bertz CT molecular complexity index is 509. The second kappa shape index (κ2) is 4.31. The van der Waals surface area contributed by atoms with E-state index in [-0.39, 0.29) is 5.82 Å². The quantitative estimate of drug-likeness (QED) is 0.838. The summed E-state index contributed by atoms with van der Waals surface area (Å²) in [5.41, 5.74) is 8.27. The van der Waals surface area contributed by atoms with Crippen LogP contribution in [-0.2, 0) is 6.42 Å².